The fraction of sp³-hybridized carbons (Fsp3) is 0.389. The highest BCUT2D eigenvalue weighted by Gasteiger charge is 2.34. The Hall–Kier alpha value is -1.06. The van der Waals surface area contributed by atoms with E-state index in [1.807, 2.05) is 28.4 Å². The molecular formula is C18H20FIN4S. The Kier molecular flexibility index (Phi) is 5.06. The van der Waals surface area contributed by atoms with E-state index in [1.165, 1.54) is 11.8 Å². The molecule has 4 nitrogen and oxygen atoms in total. The summed E-state index contributed by atoms with van der Waals surface area (Å²) in [5.74, 6) is 3.27. The molecule has 0 spiro atoms. The van der Waals surface area contributed by atoms with Crippen molar-refractivity contribution in [1.29, 1.82) is 0 Å². The molecule has 1 N–H and O–H groups in total. The van der Waals surface area contributed by atoms with Gasteiger partial charge in [-0.1, -0.05) is 46.7 Å². The molecule has 3 atom stereocenters. The molecule has 2 unspecified atom stereocenters. The van der Waals surface area contributed by atoms with Crippen molar-refractivity contribution in [2.45, 2.75) is 25.8 Å². The number of benzene rings is 1. The number of rotatable bonds is 4. The minimum absolute atomic E-state index is 0.199. The number of hydrogen-bond donors (Lipinski definition) is 1. The highest BCUT2D eigenvalue weighted by molar-refractivity contribution is 14.2. The molecule has 25 heavy (non-hydrogen) atoms. The van der Waals surface area contributed by atoms with Crippen molar-refractivity contribution < 1.29 is 4.39 Å². The van der Waals surface area contributed by atoms with Gasteiger partial charge in [-0.15, -0.1) is 11.8 Å². The van der Waals surface area contributed by atoms with Gasteiger partial charge in [-0.3, -0.25) is 5.32 Å². The lowest BCUT2D eigenvalue weighted by atomic mass is 9.98. The fourth-order valence-corrected chi connectivity index (χ4v) is 6.57. The minimum Gasteiger partial charge on any atom is -0.302 e. The lowest BCUT2D eigenvalue weighted by Gasteiger charge is -2.20. The normalized spacial score (nSPS) is 25.4. The van der Waals surface area contributed by atoms with Crippen LogP contribution in [0.3, 0.4) is 0 Å². The smallest absolute Gasteiger partial charge is 0.163 e. The topological polar surface area (TPSA) is 42.2 Å². The maximum absolute atomic E-state index is 13.3. The van der Waals surface area contributed by atoms with E-state index in [1.54, 1.807) is 12.1 Å². The summed E-state index contributed by atoms with van der Waals surface area (Å²) < 4.78 is 18.8. The molecule has 1 aromatic carbocycles. The monoisotopic (exact) mass is 470 g/mol. The van der Waals surface area contributed by atoms with Crippen LogP contribution in [0, 0.1) is 17.7 Å². The van der Waals surface area contributed by atoms with Gasteiger partial charge in [0.15, 0.2) is 5.82 Å². The van der Waals surface area contributed by atoms with E-state index in [0.29, 0.717) is 23.8 Å². The zero-order valence-corrected chi connectivity index (χ0v) is 17.1. The van der Waals surface area contributed by atoms with E-state index in [4.69, 9.17) is 0 Å². The summed E-state index contributed by atoms with van der Waals surface area (Å²) >= 11 is 1.66. The Labute approximate surface area is 161 Å². The first-order valence-corrected chi connectivity index (χ1v) is 11.7. The second kappa shape index (κ2) is 7.28. The Balaban J connectivity index is 1.54. The lowest BCUT2D eigenvalue weighted by molar-refractivity contribution is 0.387. The van der Waals surface area contributed by atoms with Gasteiger partial charge in [-0.2, -0.15) is 0 Å². The zero-order chi connectivity index (χ0) is 17.4. The van der Waals surface area contributed by atoms with Crippen molar-refractivity contribution in [1.82, 2.24) is 14.9 Å². The van der Waals surface area contributed by atoms with Crippen LogP contribution in [0.4, 0.5) is 10.2 Å². The first kappa shape index (κ1) is 17.4. The molecule has 3 heterocycles. The second-order valence-electron chi connectivity index (χ2n) is 6.52. The van der Waals surface area contributed by atoms with Gasteiger partial charge in [-0.05, 0) is 35.3 Å². The number of thioether (sulfide) groups is 1. The van der Waals surface area contributed by atoms with Crippen molar-refractivity contribution in [3.63, 3.8) is 0 Å². The fourth-order valence-electron chi connectivity index (χ4n) is 3.11. The van der Waals surface area contributed by atoms with Crippen LogP contribution in [0.2, 0.25) is 0 Å². The average Bonchev–Trinajstić information content (AvgIpc) is 3.17. The van der Waals surface area contributed by atoms with Crippen LogP contribution in [0.15, 0.2) is 35.6 Å². The Morgan fingerprint density at radius 3 is 3.04 bits per heavy atom. The van der Waals surface area contributed by atoms with Gasteiger partial charge in [0.25, 0.3) is 0 Å². The van der Waals surface area contributed by atoms with Gasteiger partial charge in [0.1, 0.15) is 11.5 Å². The Morgan fingerprint density at radius 2 is 2.28 bits per heavy atom. The van der Waals surface area contributed by atoms with Gasteiger partial charge in [0, 0.05) is 6.54 Å². The summed E-state index contributed by atoms with van der Waals surface area (Å²) in [6.45, 7) is 5.24. The molecule has 2 aliphatic rings. The molecule has 0 radical (unpaired) electrons. The minimum atomic E-state index is -0.329. The molecule has 1 aromatic heterocycles. The molecule has 2 aliphatic heterocycles. The third-order valence-electron chi connectivity index (χ3n) is 4.79. The summed E-state index contributed by atoms with van der Waals surface area (Å²) in [5.41, 5.74) is 1.91. The highest BCUT2D eigenvalue weighted by Crippen LogP contribution is 2.46. The van der Waals surface area contributed by atoms with Gasteiger partial charge >= 0.3 is 0 Å². The molecule has 1 saturated heterocycles. The summed E-state index contributed by atoms with van der Waals surface area (Å²) in [4.78, 5) is 9.33. The maximum Gasteiger partial charge on any atom is 0.163 e. The molecule has 4 rings (SSSR count). The van der Waals surface area contributed by atoms with Crippen LogP contribution in [-0.2, 0) is 6.54 Å². The quantitative estimate of drug-likeness (QED) is 0.672. The second-order valence-corrected chi connectivity index (χ2v) is 9.93. The molecule has 0 aliphatic carbocycles. The molecule has 1 fully saturated rings. The molecular weight excluding hydrogens is 450 g/mol. The van der Waals surface area contributed by atoms with E-state index in [2.05, 4.69) is 33.7 Å². The molecule has 7 heteroatoms. The van der Waals surface area contributed by atoms with Gasteiger partial charge in [-0.25, -0.2) is 14.4 Å². The van der Waals surface area contributed by atoms with Crippen LogP contribution in [-0.4, -0.2) is 23.2 Å². The lowest BCUT2D eigenvalue weighted by Crippen LogP contribution is -2.24. The first-order valence-electron chi connectivity index (χ1n) is 8.33. The van der Waals surface area contributed by atoms with E-state index in [-0.39, 0.29) is 26.5 Å². The highest BCUT2D eigenvalue weighted by atomic mass is 127. The van der Waals surface area contributed by atoms with Crippen molar-refractivity contribution in [3.8, 4) is 0 Å². The van der Waals surface area contributed by atoms with Crippen molar-refractivity contribution in [2.24, 2.45) is 16.8 Å². The maximum atomic E-state index is 13.3. The summed E-state index contributed by atoms with van der Waals surface area (Å²) in [7, 11) is 0. The van der Waals surface area contributed by atoms with Crippen molar-refractivity contribution in [2.75, 3.05) is 5.75 Å². The van der Waals surface area contributed by atoms with Gasteiger partial charge < -0.3 is 4.57 Å². The summed E-state index contributed by atoms with van der Waals surface area (Å²) in [6, 6.07) is 6.72. The van der Waals surface area contributed by atoms with E-state index in [0.717, 1.165) is 20.7 Å². The van der Waals surface area contributed by atoms with Crippen LogP contribution >= 0.6 is 32.5 Å². The number of imidazole rings is 1. The standard InChI is InChI=1S/C18H20FIN4S/c1-11-8-25-18(12(11)2)24-10-23-15-16(20-9-22-17(15)24)21-7-13-4-3-5-14(19)6-13/h3-6,9-12,18,21H,7-8H2,1-2H3/t11?,12?,18-/m1/s1. The van der Waals surface area contributed by atoms with Crippen LogP contribution in [0.1, 0.15) is 30.5 Å². The van der Waals surface area contributed by atoms with Crippen LogP contribution < -0.4 is 5.32 Å². The van der Waals surface area contributed by atoms with E-state index >= 15 is 0 Å². The Morgan fingerprint density at radius 1 is 1.40 bits per heavy atom. The number of hydrogen-bond acceptors (Lipinski definition) is 4. The van der Waals surface area contributed by atoms with E-state index < -0.39 is 0 Å². The third kappa shape index (κ3) is 3.46. The molecule has 0 bridgehead atoms. The number of aliphatic imine (C=N–C) groups is 1. The number of nitrogens with zero attached hydrogens (tertiary/aromatic N) is 3. The molecule has 2 aromatic rings. The first-order chi connectivity index (χ1) is 12.1. The molecule has 132 valence electrons. The summed E-state index contributed by atoms with van der Waals surface area (Å²) in [6.07, 6.45) is 1.94. The van der Waals surface area contributed by atoms with E-state index in [9.17, 15) is 4.39 Å². The Bertz CT molecular complexity index is 847. The number of nitrogens with one attached hydrogen (secondary N) is 1. The van der Waals surface area contributed by atoms with Gasteiger partial charge in [0.2, 0.25) is 0 Å². The zero-order valence-electron chi connectivity index (χ0n) is 14.1. The van der Waals surface area contributed by atoms with Crippen molar-refractivity contribution in [3.05, 3.63) is 47.7 Å². The number of halogens is 2. The average molecular weight is 470 g/mol. The predicted molar refractivity (Wildman–Crippen MR) is 112 cm³/mol. The number of aromatic nitrogens is 2. The number of fused-ring (bicyclic) bond motifs is 1. The molecule has 0 amide bonds. The van der Waals surface area contributed by atoms with Crippen LogP contribution in [0.5, 0.6) is 0 Å². The van der Waals surface area contributed by atoms with Gasteiger partial charge in [0.05, 0.1) is 19.6 Å². The molecule has 0 saturated carbocycles. The predicted octanol–water partition coefficient (Wildman–Crippen LogP) is 4.45. The SMILES string of the molecule is CC1CS[C@@H](n2cnc3c2N=CI=C3NCc2cccc(F)c2)C1C. The largest absolute Gasteiger partial charge is 0.302 e. The van der Waals surface area contributed by atoms with Crippen molar-refractivity contribution >= 4 is 46.2 Å². The van der Waals surface area contributed by atoms with Crippen LogP contribution in [0.25, 0.3) is 0 Å². The third-order valence-corrected chi connectivity index (χ3v) is 8.58. The summed E-state index contributed by atoms with van der Waals surface area (Å²) in [5, 5.41) is 3.88.